The average molecular weight is 302 g/mol. The number of aryl methyl sites for hydroxylation is 1. The number of aromatic nitrogens is 2. The Morgan fingerprint density at radius 1 is 1.25 bits per heavy atom. The molecule has 1 heterocycles. The van der Waals surface area contributed by atoms with Crippen molar-refractivity contribution in [3.8, 4) is 0 Å². The average Bonchev–Trinajstić information content (AvgIpc) is 2.87. The van der Waals surface area contributed by atoms with E-state index in [1.54, 1.807) is 12.4 Å². The van der Waals surface area contributed by atoms with Gasteiger partial charge in [0.05, 0.1) is 5.75 Å². The zero-order valence-electron chi connectivity index (χ0n) is 12.4. The van der Waals surface area contributed by atoms with Crippen molar-refractivity contribution in [1.29, 1.82) is 0 Å². The minimum absolute atomic E-state index is 0.202. The van der Waals surface area contributed by atoms with E-state index in [-0.39, 0.29) is 5.75 Å². The van der Waals surface area contributed by atoms with Crippen molar-refractivity contribution in [1.82, 2.24) is 20.0 Å². The maximum absolute atomic E-state index is 11.7. The number of nitrogens with zero attached hydrogens (tertiary/aromatic N) is 1. The van der Waals surface area contributed by atoms with Crippen LogP contribution in [0.15, 0.2) is 12.4 Å². The zero-order chi connectivity index (χ0) is 14.8. The van der Waals surface area contributed by atoms with E-state index in [1.807, 2.05) is 0 Å². The van der Waals surface area contributed by atoms with E-state index in [0.717, 1.165) is 31.6 Å². The lowest BCUT2D eigenvalue weighted by Gasteiger charge is -2.08. The molecule has 0 saturated heterocycles. The van der Waals surface area contributed by atoms with Crippen LogP contribution >= 0.6 is 0 Å². The Bertz CT molecular complexity index is 443. The van der Waals surface area contributed by atoms with Gasteiger partial charge >= 0.3 is 0 Å². The first-order valence-corrected chi connectivity index (χ1v) is 8.84. The summed E-state index contributed by atoms with van der Waals surface area (Å²) in [5.74, 6) is 1.09. The van der Waals surface area contributed by atoms with Gasteiger partial charge in [-0.3, -0.25) is 0 Å². The van der Waals surface area contributed by atoms with E-state index in [9.17, 15) is 8.42 Å². The molecule has 1 aromatic heterocycles. The van der Waals surface area contributed by atoms with Crippen LogP contribution in [0.25, 0.3) is 0 Å². The molecule has 20 heavy (non-hydrogen) atoms. The molecule has 0 saturated carbocycles. The first-order valence-electron chi connectivity index (χ1n) is 7.18. The van der Waals surface area contributed by atoms with Gasteiger partial charge in [-0.25, -0.2) is 18.1 Å². The number of unbranched alkanes of at least 4 members (excludes halogenated alkanes) is 1. The van der Waals surface area contributed by atoms with E-state index in [0.29, 0.717) is 19.0 Å². The highest BCUT2D eigenvalue weighted by Crippen LogP contribution is 1.97. The maximum atomic E-state index is 11.7. The van der Waals surface area contributed by atoms with E-state index in [4.69, 9.17) is 0 Å². The number of rotatable bonds is 11. The second-order valence-corrected chi connectivity index (χ2v) is 7.09. The molecule has 0 fully saturated rings. The smallest absolute Gasteiger partial charge is 0.211 e. The van der Waals surface area contributed by atoms with Crippen LogP contribution in [0.4, 0.5) is 0 Å². The molecule has 0 aliphatic rings. The number of nitrogens with one attached hydrogen (secondary N) is 3. The minimum Gasteiger partial charge on any atom is -0.349 e. The lowest BCUT2D eigenvalue weighted by Crippen LogP contribution is -2.28. The van der Waals surface area contributed by atoms with E-state index >= 15 is 0 Å². The van der Waals surface area contributed by atoms with Gasteiger partial charge in [0, 0.05) is 31.4 Å². The van der Waals surface area contributed by atoms with Crippen LogP contribution in [0, 0.1) is 0 Å². The highest BCUT2D eigenvalue weighted by Gasteiger charge is 2.08. The van der Waals surface area contributed by atoms with Gasteiger partial charge in [0.25, 0.3) is 0 Å². The monoisotopic (exact) mass is 302 g/mol. The summed E-state index contributed by atoms with van der Waals surface area (Å²) in [4.78, 5) is 7.09. The van der Waals surface area contributed by atoms with Gasteiger partial charge in [-0.1, -0.05) is 13.8 Å². The molecule has 3 N–H and O–H groups in total. The van der Waals surface area contributed by atoms with Crippen molar-refractivity contribution in [2.45, 2.75) is 45.6 Å². The van der Waals surface area contributed by atoms with Crippen molar-refractivity contribution < 1.29 is 8.42 Å². The van der Waals surface area contributed by atoms with Crippen LogP contribution in [0.2, 0.25) is 0 Å². The SMILES string of the molecule is CC(C)NCCCCS(=O)(=O)NCCCc1ncc[nH]1. The predicted molar refractivity (Wildman–Crippen MR) is 81.1 cm³/mol. The normalized spacial score (nSPS) is 12.2. The van der Waals surface area contributed by atoms with Gasteiger partial charge < -0.3 is 10.3 Å². The van der Waals surface area contributed by atoms with E-state index in [1.165, 1.54) is 0 Å². The number of imidazole rings is 1. The predicted octanol–water partition coefficient (Wildman–Crippen LogP) is 1.04. The number of aromatic amines is 1. The van der Waals surface area contributed by atoms with Crippen LogP contribution in [-0.2, 0) is 16.4 Å². The summed E-state index contributed by atoms with van der Waals surface area (Å²) in [7, 11) is -3.13. The summed E-state index contributed by atoms with van der Waals surface area (Å²) in [6.07, 6.45) is 6.55. The van der Waals surface area contributed by atoms with Gasteiger partial charge in [-0.2, -0.15) is 0 Å². The molecule has 0 aromatic carbocycles. The third-order valence-electron chi connectivity index (χ3n) is 2.86. The standard InChI is InChI=1S/C13H26N4O2S/c1-12(2)14-7-3-4-11-20(18,19)17-8-5-6-13-15-9-10-16-13/h9-10,12,14,17H,3-8,11H2,1-2H3,(H,15,16). The molecule has 0 bridgehead atoms. The lowest BCUT2D eigenvalue weighted by atomic mass is 10.3. The van der Waals surface area contributed by atoms with Gasteiger partial charge in [0.2, 0.25) is 10.0 Å². The van der Waals surface area contributed by atoms with E-state index < -0.39 is 10.0 Å². The molecule has 0 unspecified atom stereocenters. The molecule has 0 aliphatic carbocycles. The number of H-pyrrole nitrogens is 1. The number of sulfonamides is 1. The highest BCUT2D eigenvalue weighted by atomic mass is 32.2. The summed E-state index contributed by atoms with van der Waals surface area (Å²) in [5.41, 5.74) is 0. The maximum Gasteiger partial charge on any atom is 0.211 e. The summed E-state index contributed by atoms with van der Waals surface area (Å²) in [6.45, 7) is 5.49. The number of hydrogen-bond donors (Lipinski definition) is 3. The third kappa shape index (κ3) is 8.29. The van der Waals surface area contributed by atoms with Crippen LogP contribution in [0.5, 0.6) is 0 Å². The molecule has 6 nitrogen and oxygen atoms in total. The fourth-order valence-corrected chi connectivity index (χ4v) is 2.98. The molecule has 0 radical (unpaired) electrons. The largest absolute Gasteiger partial charge is 0.349 e. The molecule has 1 rings (SSSR count). The fraction of sp³-hybridized carbons (Fsp3) is 0.769. The molecule has 7 heteroatoms. The van der Waals surface area contributed by atoms with Gasteiger partial charge in [0.15, 0.2) is 0 Å². The van der Waals surface area contributed by atoms with Crippen molar-refractivity contribution in [2.75, 3.05) is 18.8 Å². The quantitative estimate of drug-likeness (QED) is 0.533. The van der Waals surface area contributed by atoms with Crippen molar-refractivity contribution in [3.05, 3.63) is 18.2 Å². The first-order chi connectivity index (χ1) is 9.49. The molecule has 1 aromatic rings. The van der Waals surface area contributed by atoms with Gasteiger partial charge in [-0.15, -0.1) is 0 Å². The third-order valence-corrected chi connectivity index (χ3v) is 4.33. The zero-order valence-corrected chi connectivity index (χ0v) is 13.2. The summed E-state index contributed by atoms with van der Waals surface area (Å²) in [5, 5.41) is 3.27. The van der Waals surface area contributed by atoms with Crippen LogP contribution in [0.3, 0.4) is 0 Å². The van der Waals surface area contributed by atoms with Gasteiger partial charge in [0.1, 0.15) is 5.82 Å². The van der Waals surface area contributed by atoms with Crippen LogP contribution < -0.4 is 10.0 Å². The van der Waals surface area contributed by atoms with E-state index in [2.05, 4.69) is 33.9 Å². The highest BCUT2D eigenvalue weighted by molar-refractivity contribution is 7.89. The lowest BCUT2D eigenvalue weighted by molar-refractivity contribution is 0.554. The Morgan fingerprint density at radius 2 is 2.05 bits per heavy atom. The second kappa shape index (κ2) is 9.10. The Balaban J connectivity index is 2.05. The van der Waals surface area contributed by atoms with Crippen molar-refractivity contribution in [2.24, 2.45) is 0 Å². The minimum atomic E-state index is -3.13. The Morgan fingerprint density at radius 3 is 2.70 bits per heavy atom. The fourth-order valence-electron chi connectivity index (χ4n) is 1.80. The second-order valence-electron chi connectivity index (χ2n) is 5.17. The van der Waals surface area contributed by atoms with Gasteiger partial charge in [-0.05, 0) is 25.8 Å². The summed E-state index contributed by atoms with van der Waals surface area (Å²) in [6, 6.07) is 0.450. The van der Waals surface area contributed by atoms with Crippen molar-refractivity contribution in [3.63, 3.8) is 0 Å². The molecule has 0 amide bonds. The van der Waals surface area contributed by atoms with Crippen LogP contribution in [-0.4, -0.2) is 43.3 Å². The first kappa shape index (κ1) is 17.1. The topological polar surface area (TPSA) is 86.9 Å². The molecular formula is C13H26N4O2S. The Kier molecular flexibility index (Phi) is 7.79. The number of hydrogen-bond acceptors (Lipinski definition) is 4. The molecular weight excluding hydrogens is 276 g/mol. The molecule has 116 valence electrons. The Hall–Kier alpha value is -0.920. The Labute approximate surface area is 121 Å². The molecule has 0 atom stereocenters. The van der Waals surface area contributed by atoms with Crippen LogP contribution in [0.1, 0.15) is 38.9 Å². The van der Waals surface area contributed by atoms with Crippen molar-refractivity contribution >= 4 is 10.0 Å². The molecule has 0 spiro atoms. The molecule has 0 aliphatic heterocycles. The summed E-state index contributed by atoms with van der Waals surface area (Å²) < 4.78 is 26.1. The summed E-state index contributed by atoms with van der Waals surface area (Å²) >= 11 is 0.